The summed E-state index contributed by atoms with van der Waals surface area (Å²) in [7, 11) is 0. The second-order valence-corrected chi connectivity index (χ2v) is 2.44. The van der Waals surface area contributed by atoms with Crippen LogP contribution in [0.25, 0.3) is 0 Å². The molecule has 0 nitrogen and oxygen atoms in total. The van der Waals surface area contributed by atoms with E-state index in [1.165, 1.54) is 0 Å². The fourth-order valence-electron chi connectivity index (χ4n) is 0.716. The van der Waals surface area contributed by atoms with Crippen LogP contribution < -0.4 is 0 Å². The van der Waals surface area contributed by atoms with Crippen molar-refractivity contribution in [1.82, 2.24) is 0 Å². The van der Waals surface area contributed by atoms with Crippen molar-refractivity contribution in [3.63, 3.8) is 0 Å². The van der Waals surface area contributed by atoms with E-state index in [2.05, 4.69) is 0 Å². The highest BCUT2D eigenvalue weighted by Crippen LogP contribution is 2.17. The summed E-state index contributed by atoms with van der Waals surface area (Å²) in [6.07, 6.45) is -6.77. The number of rotatable bonds is 5. The molecule has 0 aromatic rings. The highest BCUT2D eigenvalue weighted by atomic mass is 19.3. The van der Waals surface area contributed by atoms with Gasteiger partial charge < -0.3 is 0 Å². The van der Waals surface area contributed by atoms with E-state index in [0.717, 1.165) is 0 Å². The van der Waals surface area contributed by atoms with E-state index in [-0.39, 0.29) is 6.42 Å². The zero-order valence-corrected chi connectivity index (χ0v) is 6.37. The van der Waals surface area contributed by atoms with Gasteiger partial charge in [0.2, 0.25) is 0 Å². The van der Waals surface area contributed by atoms with Gasteiger partial charge in [-0.25, -0.2) is 17.6 Å². The summed E-state index contributed by atoms with van der Waals surface area (Å²) in [4.78, 5) is 0. The third-order valence-corrected chi connectivity index (χ3v) is 1.42. The van der Waals surface area contributed by atoms with Crippen LogP contribution in [-0.4, -0.2) is 18.8 Å². The lowest BCUT2D eigenvalue weighted by Crippen LogP contribution is -2.24. The van der Waals surface area contributed by atoms with Crippen molar-refractivity contribution in [2.45, 2.75) is 45.0 Å². The van der Waals surface area contributed by atoms with E-state index in [1.54, 1.807) is 6.92 Å². The summed E-state index contributed by atoms with van der Waals surface area (Å²) in [6.45, 7) is 1.79. The normalized spacial score (nSPS) is 16.9. The van der Waals surface area contributed by atoms with Crippen LogP contribution in [0.3, 0.4) is 0 Å². The molecule has 0 bridgehead atoms. The maximum atomic E-state index is 12.4. The van der Waals surface area contributed by atoms with E-state index in [4.69, 9.17) is 0 Å². The molecular formula is C7H12F4. The van der Waals surface area contributed by atoms with Crippen molar-refractivity contribution in [3.8, 4) is 0 Å². The third-order valence-electron chi connectivity index (χ3n) is 1.42. The fourth-order valence-corrected chi connectivity index (χ4v) is 0.716. The summed E-state index contributed by atoms with van der Waals surface area (Å²) in [6, 6.07) is 0. The van der Waals surface area contributed by atoms with Gasteiger partial charge in [0.05, 0.1) is 0 Å². The maximum absolute atomic E-state index is 12.4. The first-order chi connectivity index (χ1) is 5.09. The molecule has 0 aromatic carbocycles. The highest BCUT2D eigenvalue weighted by molar-refractivity contribution is 4.69. The van der Waals surface area contributed by atoms with Crippen LogP contribution in [0.5, 0.6) is 0 Å². The van der Waals surface area contributed by atoms with E-state index >= 15 is 0 Å². The Kier molecular flexibility index (Phi) is 5.24. The van der Waals surface area contributed by atoms with Gasteiger partial charge in [0.25, 0.3) is 6.43 Å². The van der Waals surface area contributed by atoms with E-state index in [9.17, 15) is 17.6 Å². The van der Waals surface area contributed by atoms with Crippen LogP contribution in [0.15, 0.2) is 0 Å². The minimum absolute atomic E-state index is 0.109. The monoisotopic (exact) mass is 172 g/mol. The molecule has 68 valence electrons. The van der Waals surface area contributed by atoms with Crippen molar-refractivity contribution in [2.24, 2.45) is 0 Å². The lowest BCUT2D eigenvalue weighted by atomic mass is 10.1. The van der Waals surface area contributed by atoms with Gasteiger partial charge in [0, 0.05) is 0 Å². The quantitative estimate of drug-likeness (QED) is 0.559. The van der Waals surface area contributed by atoms with Gasteiger partial charge in [-0.3, -0.25) is 0 Å². The highest BCUT2D eigenvalue weighted by Gasteiger charge is 2.28. The van der Waals surface area contributed by atoms with Gasteiger partial charge in [0.15, 0.2) is 6.17 Å². The number of alkyl halides is 4. The number of halogens is 4. The predicted molar refractivity (Wildman–Crippen MR) is 35.3 cm³/mol. The first-order valence-electron chi connectivity index (χ1n) is 3.65. The topological polar surface area (TPSA) is 0 Å². The summed E-state index contributed by atoms with van der Waals surface area (Å²) in [5.41, 5.74) is 0. The van der Waals surface area contributed by atoms with Crippen molar-refractivity contribution in [2.75, 3.05) is 0 Å². The zero-order chi connectivity index (χ0) is 8.85. The molecule has 0 spiro atoms. The lowest BCUT2D eigenvalue weighted by Gasteiger charge is -2.11. The Morgan fingerprint density at radius 3 is 2.00 bits per heavy atom. The Morgan fingerprint density at radius 1 is 1.09 bits per heavy atom. The summed E-state index contributed by atoms with van der Waals surface area (Å²) < 4.78 is 47.5. The molecule has 0 radical (unpaired) electrons. The molecule has 0 N–H and O–H groups in total. The molecule has 0 aliphatic heterocycles. The van der Waals surface area contributed by atoms with Gasteiger partial charge in [-0.1, -0.05) is 19.8 Å². The molecule has 0 aliphatic rings. The molecule has 0 saturated heterocycles. The van der Waals surface area contributed by atoms with Crippen molar-refractivity contribution in [1.29, 1.82) is 0 Å². The van der Waals surface area contributed by atoms with Crippen LogP contribution in [0, 0.1) is 0 Å². The van der Waals surface area contributed by atoms with Crippen LogP contribution >= 0.6 is 0 Å². The molecule has 0 saturated carbocycles. The molecule has 0 rings (SSSR count). The van der Waals surface area contributed by atoms with Gasteiger partial charge in [-0.2, -0.15) is 0 Å². The minimum Gasteiger partial charge on any atom is -0.244 e. The zero-order valence-electron chi connectivity index (χ0n) is 6.37. The van der Waals surface area contributed by atoms with Crippen LogP contribution in [0.1, 0.15) is 26.2 Å². The van der Waals surface area contributed by atoms with Crippen LogP contribution in [-0.2, 0) is 0 Å². The standard InChI is InChI=1S/C7H12F4/c1-2-3-4-5(8)6(9)7(10)11/h5-7H,2-4H2,1H3/t5?,6-/m0/s1. The number of hydrogen-bond donors (Lipinski definition) is 0. The Balaban J connectivity index is 3.55. The third kappa shape index (κ3) is 4.22. The van der Waals surface area contributed by atoms with Crippen molar-refractivity contribution in [3.05, 3.63) is 0 Å². The van der Waals surface area contributed by atoms with E-state index < -0.39 is 18.8 Å². The van der Waals surface area contributed by atoms with E-state index in [1.807, 2.05) is 0 Å². The van der Waals surface area contributed by atoms with Crippen LogP contribution in [0.4, 0.5) is 17.6 Å². The SMILES string of the molecule is CCCCC(F)[C@H](F)C(F)F. The van der Waals surface area contributed by atoms with Gasteiger partial charge in [-0.15, -0.1) is 0 Å². The Bertz CT molecular complexity index is 94.4. The Morgan fingerprint density at radius 2 is 1.64 bits per heavy atom. The van der Waals surface area contributed by atoms with Gasteiger partial charge in [-0.05, 0) is 6.42 Å². The molecule has 4 heteroatoms. The van der Waals surface area contributed by atoms with Gasteiger partial charge >= 0.3 is 0 Å². The fraction of sp³-hybridized carbons (Fsp3) is 1.00. The average Bonchev–Trinajstić information content (AvgIpc) is 1.98. The molecule has 0 aromatic heterocycles. The number of unbranched alkanes of at least 4 members (excludes halogenated alkanes) is 1. The number of hydrogen-bond acceptors (Lipinski definition) is 0. The largest absolute Gasteiger partial charge is 0.272 e. The predicted octanol–water partition coefficient (Wildman–Crippen LogP) is 3.12. The second-order valence-electron chi connectivity index (χ2n) is 2.44. The Labute approximate surface area is 63.6 Å². The summed E-state index contributed by atoms with van der Waals surface area (Å²) in [5, 5.41) is 0. The average molecular weight is 172 g/mol. The van der Waals surface area contributed by atoms with Gasteiger partial charge in [0.1, 0.15) is 6.17 Å². The smallest absolute Gasteiger partial charge is 0.244 e. The van der Waals surface area contributed by atoms with E-state index in [0.29, 0.717) is 12.8 Å². The summed E-state index contributed by atoms with van der Waals surface area (Å²) in [5.74, 6) is 0. The molecule has 1 unspecified atom stereocenters. The molecule has 0 heterocycles. The first-order valence-corrected chi connectivity index (χ1v) is 3.65. The second kappa shape index (κ2) is 5.38. The molecule has 2 atom stereocenters. The molecule has 11 heavy (non-hydrogen) atoms. The van der Waals surface area contributed by atoms with Crippen molar-refractivity contribution < 1.29 is 17.6 Å². The minimum atomic E-state index is -3.19. The maximum Gasteiger partial charge on any atom is 0.272 e. The summed E-state index contributed by atoms with van der Waals surface area (Å²) >= 11 is 0. The Hall–Kier alpha value is -0.280. The van der Waals surface area contributed by atoms with Crippen molar-refractivity contribution >= 4 is 0 Å². The molecule has 0 fully saturated rings. The first kappa shape index (κ1) is 10.7. The molecular weight excluding hydrogens is 160 g/mol. The molecule has 0 amide bonds. The lowest BCUT2D eigenvalue weighted by molar-refractivity contribution is 0.000618. The molecule has 0 aliphatic carbocycles. The van der Waals surface area contributed by atoms with Crippen LogP contribution in [0.2, 0.25) is 0 Å².